The average molecular weight is 397 g/mol. The molecule has 0 saturated carbocycles. The lowest BCUT2D eigenvalue weighted by Gasteiger charge is -2.29. The molecule has 3 N–H and O–H groups in total. The molecule has 1 aliphatic heterocycles. The molecular weight excluding hydrogens is 378 g/mol. The van der Waals surface area contributed by atoms with Crippen LogP contribution in [-0.2, 0) is 0 Å². The van der Waals surface area contributed by atoms with Gasteiger partial charge in [0.1, 0.15) is 9.71 Å². The Labute approximate surface area is 165 Å². The Hall–Kier alpha value is -3.20. The van der Waals surface area contributed by atoms with Gasteiger partial charge in [0.15, 0.2) is 0 Å². The maximum atomic E-state index is 12.9. The molecule has 0 aliphatic carbocycles. The van der Waals surface area contributed by atoms with E-state index in [-0.39, 0.29) is 10.9 Å². The van der Waals surface area contributed by atoms with Crippen molar-refractivity contribution in [2.24, 2.45) is 11.7 Å². The summed E-state index contributed by atoms with van der Waals surface area (Å²) in [4.78, 5) is 35.8. The number of hydrogen-bond donors (Lipinski definition) is 2. The molecule has 3 amide bonds. The van der Waals surface area contributed by atoms with Gasteiger partial charge in [0, 0.05) is 12.3 Å². The van der Waals surface area contributed by atoms with E-state index in [2.05, 4.69) is 29.1 Å². The number of nitrogens with one attached hydrogen (secondary N) is 1. The van der Waals surface area contributed by atoms with Crippen LogP contribution >= 0.6 is 11.3 Å². The number of amides is 3. The topological polar surface area (TPSA) is 110 Å². The summed E-state index contributed by atoms with van der Waals surface area (Å²) in [5, 5.41) is 3.48. The molecule has 3 aromatic heterocycles. The second kappa shape index (κ2) is 6.75. The molecule has 8 nitrogen and oxygen atoms in total. The third-order valence-electron chi connectivity index (χ3n) is 4.33. The van der Waals surface area contributed by atoms with E-state index in [1.54, 1.807) is 24.5 Å². The van der Waals surface area contributed by atoms with Crippen LogP contribution in [0, 0.1) is 12.8 Å². The molecule has 4 heterocycles. The summed E-state index contributed by atoms with van der Waals surface area (Å²) in [6.45, 7) is 6.58. The van der Waals surface area contributed by atoms with Gasteiger partial charge in [-0.1, -0.05) is 13.8 Å². The van der Waals surface area contributed by atoms with Gasteiger partial charge in [-0.3, -0.25) is 9.69 Å². The van der Waals surface area contributed by atoms with Gasteiger partial charge in [-0.25, -0.2) is 14.8 Å². The predicted molar refractivity (Wildman–Crippen MR) is 109 cm³/mol. The fourth-order valence-electron chi connectivity index (χ4n) is 3.09. The number of ether oxygens (including phenoxy) is 1. The summed E-state index contributed by atoms with van der Waals surface area (Å²) >= 11 is 1.16. The molecule has 28 heavy (non-hydrogen) atoms. The Balaban J connectivity index is 1.81. The first kappa shape index (κ1) is 18.2. The second-order valence-corrected chi connectivity index (χ2v) is 7.96. The SMILES string of the molecule is Cc1cc(OCC(C)C)ncc1N1C(=O)Nc2c(C(N)=O)sc3nccc1c23. The van der Waals surface area contributed by atoms with Crippen molar-refractivity contribution in [3.05, 3.63) is 35.0 Å². The van der Waals surface area contributed by atoms with Gasteiger partial charge in [-0.15, -0.1) is 11.3 Å². The highest BCUT2D eigenvalue weighted by atomic mass is 32.1. The number of carbonyl (C=O) groups excluding carboxylic acids is 2. The molecule has 0 saturated heterocycles. The van der Waals surface area contributed by atoms with Gasteiger partial charge in [0.2, 0.25) is 5.88 Å². The lowest BCUT2D eigenvalue weighted by atomic mass is 10.1. The molecular formula is C19H19N5O3S. The fraction of sp³-hybridized carbons (Fsp3) is 0.263. The van der Waals surface area contributed by atoms with E-state index in [0.717, 1.165) is 16.9 Å². The van der Waals surface area contributed by atoms with Crippen LogP contribution in [0.4, 0.5) is 21.9 Å². The van der Waals surface area contributed by atoms with Crippen LogP contribution in [0.5, 0.6) is 5.88 Å². The van der Waals surface area contributed by atoms with Crippen molar-refractivity contribution in [2.45, 2.75) is 20.8 Å². The van der Waals surface area contributed by atoms with Crippen molar-refractivity contribution in [3.63, 3.8) is 0 Å². The molecule has 0 spiro atoms. The molecule has 3 aromatic rings. The number of urea groups is 1. The zero-order chi connectivity index (χ0) is 20.0. The Bertz CT molecular complexity index is 1110. The Morgan fingerprint density at radius 1 is 1.36 bits per heavy atom. The third kappa shape index (κ3) is 2.93. The number of anilines is 3. The van der Waals surface area contributed by atoms with Gasteiger partial charge in [0.25, 0.3) is 5.91 Å². The van der Waals surface area contributed by atoms with Crippen LogP contribution in [0.15, 0.2) is 24.5 Å². The largest absolute Gasteiger partial charge is 0.477 e. The number of thiophene rings is 1. The summed E-state index contributed by atoms with van der Waals surface area (Å²) in [5.41, 5.74) is 7.97. The minimum Gasteiger partial charge on any atom is -0.477 e. The third-order valence-corrected chi connectivity index (χ3v) is 5.45. The second-order valence-electron chi connectivity index (χ2n) is 6.96. The van der Waals surface area contributed by atoms with Crippen LogP contribution in [0.1, 0.15) is 29.1 Å². The standard InChI is InChI=1S/C19H19N5O3S/c1-9(2)8-27-13-6-10(3)12(7-22-13)24-11-4-5-21-18-14(11)15(23-19(24)26)16(28-18)17(20)25/h4-7,9H,8H2,1-3H3,(H2,20,25)(H,23,26). The van der Waals surface area contributed by atoms with E-state index < -0.39 is 5.91 Å². The molecule has 1 aliphatic rings. The van der Waals surface area contributed by atoms with E-state index >= 15 is 0 Å². The number of rotatable bonds is 5. The van der Waals surface area contributed by atoms with Crippen molar-refractivity contribution in [1.82, 2.24) is 9.97 Å². The molecule has 0 fully saturated rings. The first-order valence-corrected chi connectivity index (χ1v) is 9.60. The zero-order valence-electron chi connectivity index (χ0n) is 15.6. The molecule has 0 radical (unpaired) electrons. The zero-order valence-corrected chi connectivity index (χ0v) is 16.5. The average Bonchev–Trinajstić information content (AvgIpc) is 3.01. The van der Waals surface area contributed by atoms with Crippen molar-refractivity contribution in [2.75, 3.05) is 16.8 Å². The monoisotopic (exact) mass is 397 g/mol. The van der Waals surface area contributed by atoms with Crippen LogP contribution in [-0.4, -0.2) is 28.5 Å². The summed E-state index contributed by atoms with van der Waals surface area (Å²) in [6.07, 6.45) is 3.22. The number of aryl methyl sites for hydroxylation is 1. The van der Waals surface area contributed by atoms with Crippen molar-refractivity contribution in [1.29, 1.82) is 0 Å². The van der Waals surface area contributed by atoms with Crippen molar-refractivity contribution in [3.8, 4) is 5.88 Å². The normalized spacial score (nSPS) is 13.1. The minimum absolute atomic E-state index is 0.287. The Morgan fingerprint density at radius 3 is 2.82 bits per heavy atom. The van der Waals surface area contributed by atoms with E-state index in [1.807, 2.05) is 6.92 Å². The van der Waals surface area contributed by atoms with Crippen LogP contribution in [0.25, 0.3) is 10.2 Å². The number of carbonyl (C=O) groups is 2. The first-order chi connectivity index (χ1) is 13.4. The van der Waals surface area contributed by atoms with Gasteiger partial charge in [-0.2, -0.15) is 0 Å². The number of nitrogens with two attached hydrogens (primary N) is 1. The van der Waals surface area contributed by atoms with Gasteiger partial charge >= 0.3 is 6.03 Å². The van der Waals surface area contributed by atoms with Crippen molar-refractivity contribution >= 4 is 50.6 Å². The maximum Gasteiger partial charge on any atom is 0.331 e. The summed E-state index contributed by atoms with van der Waals surface area (Å²) in [6, 6.07) is 3.16. The van der Waals surface area contributed by atoms with Gasteiger partial charge in [-0.05, 0) is 24.5 Å². The highest BCUT2D eigenvalue weighted by Crippen LogP contribution is 2.46. The van der Waals surface area contributed by atoms with Gasteiger partial charge < -0.3 is 15.8 Å². The molecule has 0 unspecified atom stereocenters. The first-order valence-electron chi connectivity index (χ1n) is 8.78. The molecule has 9 heteroatoms. The number of primary amides is 1. The smallest absolute Gasteiger partial charge is 0.331 e. The number of pyridine rings is 2. The fourth-order valence-corrected chi connectivity index (χ4v) is 4.06. The Morgan fingerprint density at radius 2 is 2.14 bits per heavy atom. The molecule has 144 valence electrons. The quantitative estimate of drug-likeness (QED) is 0.680. The van der Waals surface area contributed by atoms with Gasteiger partial charge in [0.05, 0.1) is 35.3 Å². The van der Waals surface area contributed by atoms with Crippen LogP contribution in [0.3, 0.4) is 0 Å². The molecule has 0 aromatic carbocycles. The van der Waals surface area contributed by atoms with E-state index in [4.69, 9.17) is 10.5 Å². The van der Waals surface area contributed by atoms with Crippen LogP contribution < -0.4 is 20.7 Å². The van der Waals surface area contributed by atoms with Crippen molar-refractivity contribution < 1.29 is 14.3 Å². The summed E-state index contributed by atoms with van der Waals surface area (Å²) in [7, 11) is 0. The minimum atomic E-state index is -0.595. The highest BCUT2D eigenvalue weighted by Gasteiger charge is 2.32. The summed E-state index contributed by atoms with van der Waals surface area (Å²) < 4.78 is 5.67. The summed E-state index contributed by atoms with van der Waals surface area (Å²) in [5.74, 6) is 0.304. The maximum absolute atomic E-state index is 12.9. The number of hydrogen-bond acceptors (Lipinski definition) is 6. The highest BCUT2D eigenvalue weighted by molar-refractivity contribution is 7.21. The number of nitrogens with zero attached hydrogens (tertiary/aromatic N) is 3. The van der Waals surface area contributed by atoms with E-state index in [0.29, 0.717) is 45.7 Å². The van der Waals surface area contributed by atoms with E-state index in [1.165, 1.54) is 4.90 Å². The lowest BCUT2D eigenvalue weighted by molar-refractivity contribution is 0.100. The Kier molecular flexibility index (Phi) is 4.38. The predicted octanol–water partition coefficient (Wildman–Crippen LogP) is 3.82. The molecule has 0 bridgehead atoms. The molecule has 4 rings (SSSR count). The van der Waals surface area contributed by atoms with Crippen LogP contribution in [0.2, 0.25) is 0 Å². The molecule has 0 atom stereocenters. The van der Waals surface area contributed by atoms with E-state index in [9.17, 15) is 9.59 Å². The number of aromatic nitrogens is 2. The lowest BCUT2D eigenvalue weighted by Crippen LogP contribution is -2.35.